The molecule has 0 amide bonds. The second-order valence-corrected chi connectivity index (χ2v) is 4.27. The summed E-state index contributed by atoms with van der Waals surface area (Å²) in [5.41, 5.74) is -0.710. The Labute approximate surface area is 89.3 Å². The van der Waals surface area contributed by atoms with Gasteiger partial charge in [0.25, 0.3) is 0 Å². The zero-order valence-electron chi connectivity index (χ0n) is 8.42. The average Bonchev–Trinajstić information content (AvgIpc) is 2.47. The van der Waals surface area contributed by atoms with Crippen molar-refractivity contribution in [2.45, 2.75) is 31.7 Å². The molecule has 1 saturated heterocycles. The number of hydrogen-bond donors (Lipinski definition) is 1. The van der Waals surface area contributed by atoms with Crippen LogP contribution in [0.25, 0.3) is 0 Å². The third-order valence-electron chi connectivity index (χ3n) is 2.97. The van der Waals surface area contributed by atoms with E-state index < -0.39 is 11.5 Å². The van der Waals surface area contributed by atoms with Gasteiger partial charge in [-0.25, -0.2) is 0 Å². The van der Waals surface area contributed by atoms with Crippen molar-refractivity contribution in [3.63, 3.8) is 0 Å². The number of carboxylic acids is 1. The Balaban J connectivity index is 2.83. The molecule has 0 aliphatic carbocycles. The standard InChI is InChI=1S/C10H16ClNO2/c1-3-10(9(13)14)5-4-6-12(10)7-8(2)11/h2-7H2,1H3,(H,13,14). The van der Waals surface area contributed by atoms with Crippen LogP contribution >= 0.6 is 11.6 Å². The fraction of sp³-hybridized carbons (Fsp3) is 0.700. The van der Waals surface area contributed by atoms with E-state index in [1.165, 1.54) is 0 Å². The molecule has 0 spiro atoms. The smallest absolute Gasteiger partial charge is 0.324 e. The maximum atomic E-state index is 11.2. The average molecular weight is 218 g/mol. The highest BCUT2D eigenvalue weighted by molar-refractivity contribution is 6.29. The Bertz CT molecular complexity index is 255. The molecule has 0 aromatic carbocycles. The van der Waals surface area contributed by atoms with E-state index in [0.717, 1.165) is 13.0 Å². The monoisotopic (exact) mass is 217 g/mol. The van der Waals surface area contributed by atoms with E-state index in [4.69, 9.17) is 11.6 Å². The molecule has 14 heavy (non-hydrogen) atoms. The summed E-state index contributed by atoms with van der Waals surface area (Å²) < 4.78 is 0. The molecule has 3 nitrogen and oxygen atoms in total. The molecule has 1 aliphatic rings. The lowest BCUT2D eigenvalue weighted by atomic mass is 9.93. The van der Waals surface area contributed by atoms with Crippen molar-refractivity contribution >= 4 is 17.6 Å². The maximum Gasteiger partial charge on any atom is 0.324 e. The van der Waals surface area contributed by atoms with Gasteiger partial charge in [-0.15, -0.1) is 0 Å². The lowest BCUT2D eigenvalue weighted by Gasteiger charge is -2.33. The van der Waals surface area contributed by atoms with Crippen molar-refractivity contribution in [1.29, 1.82) is 0 Å². The van der Waals surface area contributed by atoms with Crippen molar-refractivity contribution in [1.82, 2.24) is 4.90 Å². The van der Waals surface area contributed by atoms with E-state index in [1.807, 2.05) is 11.8 Å². The molecule has 0 aromatic rings. The fourth-order valence-electron chi connectivity index (χ4n) is 2.17. The van der Waals surface area contributed by atoms with Crippen molar-refractivity contribution in [3.8, 4) is 0 Å². The van der Waals surface area contributed by atoms with E-state index in [-0.39, 0.29) is 0 Å². The van der Waals surface area contributed by atoms with Crippen molar-refractivity contribution in [2.75, 3.05) is 13.1 Å². The zero-order chi connectivity index (χ0) is 10.8. The van der Waals surface area contributed by atoms with E-state index >= 15 is 0 Å². The van der Waals surface area contributed by atoms with Gasteiger partial charge >= 0.3 is 5.97 Å². The van der Waals surface area contributed by atoms with Crippen molar-refractivity contribution in [3.05, 3.63) is 11.6 Å². The molecule has 0 radical (unpaired) electrons. The first-order chi connectivity index (χ1) is 6.53. The molecule has 1 unspecified atom stereocenters. The summed E-state index contributed by atoms with van der Waals surface area (Å²) >= 11 is 5.72. The second kappa shape index (κ2) is 4.32. The minimum absolute atomic E-state index is 0.474. The van der Waals surface area contributed by atoms with E-state index in [2.05, 4.69) is 6.58 Å². The van der Waals surface area contributed by atoms with Crippen LogP contribution in [0.1, 0.15) is 26.2 Å². The van der Waals surface area contributed by atoms with Crippen molar-refractivity contribution < 1.29 is 9.90 Å². The lowest BCUT2D eigenvalue weighted by Crippen LogP contribution is -2.50. The maximum absolute atomic E-state index is 11.2. The van der Waals surface area contributed by atoms with Crippen LogP contribution in [-0.2, 0) is 4.79 Å². The molecule has 1 fully saturated rings. The van der Waals surface area contributed by atoms with Gasteiger partial charge < -0.3 is 5.11 Å². The molecule has 1 N–H and O–H groups in total. The number of likely N-dealkylation sites (tertiary alicyclic amines) is 1. The summed E-state index contributed by atoms with van der Waals surface area (Å²) in [6.07, 6.45) is 2.25. The normalized spacial score (nSPS) is 27.9. The van der Waals surface area contributed by atoms with Gasteiger partial charge in [-0.3, -0.25) is 9.69 Å². The third kappa shape index (κ3) is 1.93. The summed E-state index contributed by atoms with van der Waals surface area (Å²) in [4.78, 5) is 13.2. The number of halogens is 1. The predicted octanol–water partition coefficient (Wildman–Crippen LogP) is 2.07. The Morgan fingerprint density at radius 1 is 1.71 bits per heavy atom. The predicted molar refractivity (Wildman–Crippen MR) is 56.5 cm³/mol. The summed E-state index contributed by atoms with van der Waals surface area (Å²) in [7, 11) is 0. The Hall–Kier alpha value is -0.540. The van der Waals surface area contributed by atoms with Gasteiger partial charge in [0, 0.05) is 11.6 Å². The molecular weight excluding hydrogens is 202 g/mol. The molecule has 4 heteroatoms. The first kappa shape index (κ1) is 11.5. The first-order valence-corrected chi connectivity index (χ1v) is 5.22. The molecule has 0 saturated carbocycles. The summed E-state index contributed by atoms with van der Waals surface area (Å²) in [6.45, 7) is 6.79. The van der Waals surface area contributed by atoms with Crippen LogP contribution in [0.2, 0.25) is 0 Å². The lowest BCUT2D eigenvalue weighted by molar-refractivity contribution is -0.149. The van der Waals surface area contributed by atoms with Crippen LogP contribution in [0.5, 0.6) is 0 Å². The van der Waals surface area contributed by atoms with Crippen LogP contribution in [-0.4, -0.2) is 34.6 Å². The number of nitrogens with zero attached hydrogens (tertiary/aromatic N) is 1. The minimum Gasteiger partial charge on any atom is -0.480 e. The quantitative estimate of drug-likeness (QED) is 0.784. The highest BCUT2D eigenvalue weighted by atomic mass is 35.5. The number of hydrogen-bond acceptors (Lipinski definition) is 2. The summed E-state index contributed by atoms with van der Waals surface area (Å²) in [5, 5.41) is 9.74. The minimum atomic E-state index is -0.740. The first-order valence-electron chi connectivity index (χ1n) is 4.84. The van der Waals surface area contributed by atoms with E-state index in [0.29, 0.717) is 24.4 Å². The van der Waals surface area contributed by atoms with Gasteiger partial charge in [-0.05, 0) is 25.8 Å². The SMILES string of the molecule is C=C(Cl)CN1CCCC1(CC)C(=O)O. The van der Waals surface area contributed by atoms with Gasteiger partial charge in [-0.1, -0.05) is 25.1 Å². The van der Waals surface area contributed by atoms with Crippen LogP contribution in [0.15, 0.2) is 11.6 Å². The Morgan fingerprint density at radius 2 is 2.36 bits per heavy atom. The van der Waals surface area contributed by atoms with Crippen LogP contribution in [0.4, 0.5) is 0 Å². The highest BCUT2D eigenvalue weighted by Crippen LogP contribution is 2.33. The molecule has 1 rings (SSSR count). The summed E-state index contributed by atoms with van der Waals surface area (Å²) in [5.74, 6) is -0.740. The van der Waals surface area contributed by atoms with E-state index in [9.17, 15) is 9.90 Å². The molecule has 1 heterocycles. The molecule has 1 aliphatic heterocycles. The fourth-order valence-corrected chi connectivity index (χ4v) is 2.31. The van der Waals surface area contributed by atoms with Gasteiger partial charge in [0.15, 0.2) is 0 Å². The highest BCUT2D eigenvalue weighted by Gasteiger charge is 2.45. The Morgan fingerprint density at radius 3 is 2.79 bits per heavy atom. The van der Waals surface area contributed by atoms with Gasteiger partial charge in [0.05, 0.1) is 0 Å². The van der Waals surface area contributed by atoms with Crippen molar-refractivity contribution in [2.24, 2.45) is 0 Å². The van der Waals surface area contributed by atoms with Crippen LogP contribution in [0, 0.1) is 0 Å². The third-order valence-corrected chi connectivity index (χ3v) is 3.09. The van der Waals surface area contributed by atoms with Gasteiger partial charge in [0.2, 0.25) is 0 Å². The van der Waals surface area contributed by atoms with Gasteiger partial charge in [0.1, 0.15) is 5.54 Å². The number of rotatable bonds is 4. The topological polar surface area (TPSA) is 40.5 Å². The molecular formula is C10H16ClNO2. The molecule has 0 aromatic heterocycles. The number of carbonyl (C=O) groups is 1. The number of aliphatic carboxylic acids is 1. The summed E-state index contributed by atoms with van der Waals surface area (Å²) in [6, 6.07) is 0. The Kier molecular flexibility index (Phi) is 3.56. The van der Waals surface area contributed by atoms with E-state index in [1.54, 1.807) is 0 Å². The zero-order valence-corrected chi connectivity index (χ0v) is 9.18. The largest absolute Gasteiger partial charge is 0.480 e. The molecule has 80 valence electrons. The second-order valence-electron chi connectivity index (χ2n) is 3.73. The molecule has 0 bridgehead atoms. The molecule has 1 atom stereocenters. The van der Waals surface area contributed by atoms with Crippen LogP contribution < -0.4 is 0 Å². The van der Waals surface area contributed by atoms with Crippen LogP contribution in [0.3, 0.4) is 0 Å². The van der Waals surface area contributed by atoms with Gasteiger partial charge in [-0.2, -0.15) is 0 Å². The number of carboxylic acid groups (broad SMARTS) is 1.